The van der Waals surface area contributed by atoms with Crippen molar-refractivity contribution in [2.75, 3.05) is 13.1 Å². The molecule has 2 aromatic heterocycles. The van der Waals surface area contributed by atoms with Gasteiger partial charge in [0.15, 0.2) is 0 Å². The van der Waals surface area contributed by atoms with Crippen LogP contribution in [0.5, 0.6) is 5.75 Å². The van der Waals surface area contributed by atoms with Gasteiger partial charge in [0.1, 0.15) is 11.4 Å². The highest BCUT2D eigenvalue weighted by Crippen LogP contribution is 2.17. The Morgan fingerprint density at radius 3 is 3.19 bits per heavy atom. The molecule has 1 fully saturated rings. The minimum atomic E-state index is 0.277. The summed E-state index contributed by atoms with van der Waals surface area (Å²) in [5, 5.41) is 12.7. The number of fused-ring (bicyclic) bond motifs is 1. The number of hydrogen-bond acceptors (Lipinski definition) is 3. The Hall–Kier alpha value is -1.55. The lowest BCUT2D eigenvalue weighted by Crippen LogP contribution is -2.10. The second-order valence-electron chi connectivity index (χ2n) is 4.45. The highest BCUT2D eigenvalue weighted by Gasteiger charge is 2.16. The van der Waals surface area contributed by atoms with E-state index in [-0.39, 0.29) is 5.75 Å². The van der Waals surface area contributed by atoms with Gasteiger partial charge in [-0.1, -0.05) is 0 Å². The Bertz CT molecular complexity index is 500. The maximum absolute atomic E-state index is 9.37. The summed E-state index contributed by atoms with van der Waals surface area (Å²) < 4.78 is 1.88. The Balaban J connectivity index is 1.86. The lowest BCUT2D eigenvalue weighted by molar-refractivity contribution is 0.472. The van der Waals surface area contributed by atoms with Crippen LogP contribution in [-0.4, -0.2) is 27.6 Å². The molecule has 3 heterocycles. The van der Waals surface area contributed by atoms with E-state index in [4.69, 9.17) is 0 Å². The molecular weight excluding hydrogens is 202 g/mol. The lowest BCUT2D eigenvalue weighted by atomic mass is 10.0. The molecule has 1 saturated heterocycles. The predicted octanol–water partition coefficient (Wildman–Crippen LogP) is 1.19. The number of pyridine rings is 1. The van der Waals surface area contributed by atoms with Crippen LogP contribution in [0.4, 0.5) is 0 Å². The van der Waals surface area contributed by atoms with Crippen molar-refractivity contribution in [1.29, 1.82) is 0 Å². The average Bonchev–Trinajstić information content (AvgIpc) is 2.86. The molecule has 1 aliphatic heterocycles. The van der Waals surface area contributed by atoms with Crippen molar-refractivity contribution in [3.8, 4) is 5.75 Å². The standard InChI is InChI=1S/C12H15N3O/c16-11-1-2-12-14-10(7-15(12)8-11)5-9-3-4-13-6-9/h1-2,7-9,13,16H,3-6H2. The fourth-order valence-electron chi connectivity index (χ4n) is 2.32. The Morgan fingerprint density at radius 1 is 1.44 bits per heavy atom. The molecule has 4 nitrogen and oxygen atoms in total. The zero-order chi connectivity index (χ0) is 11.0. The molecule has 1 unspecified atom stereocenters. The van der Waals surface area contributed by atoms with E-state index >= 15 is 0 Å². The smallest absolute Gasteiger partial charge is 0.137 e. The number of rotatable bonds is 2. The zero-order valence-corrected chi connectivity index (χ0v) is 9.06. The molecule has 3 rings (SSSR count). The van der Waals surface area contributed by atoms with Crippen molar-refractivity contribution in [3.05, 3.63) is 30.2 Å². The molecule has 4 heteroatoms. The minimum Gasteiger partial charge on any atom is -0.506 e. The van der Waals surface area contributed by atoms with Crippen LogP contribution in [0.25, 0.3) is 5.65 Å². The molecule has 2 aromatic rings. The highest BCUT2D eigenvalue weighted by atomic mass is 16.3. The first kappa shape index (κ1) is 9.66. The van der Waals surface area contributed by atoms with E-state index in [9.17, 15) is 5.11 Å². The van der Waals surface area contributed by atoms with Gasteiger partial charge in [0.2, 0.25) is 0 Å². The monoisotopic (exact) mass is 217 g/mol. The number of aromatic hydroxyl groups is 1. The molecule has 2 N–H and O–H groups in total. The Morgan fingerprint density at radius 2 is 2.38 bits per heavy atom. The van der Waals surface area contributed by atoms with Gasteiger partial charge < -0.3 is 14.8 Å². The van der Waals surface area contributed by atoms with E-state index in [1.807, 2.05) is 16.7 Å². The van der Waals surface area contributed by atoms with Crippen LogP contribution in [0.15, 0.2) is 24.5 Å². The van der Waals surface area contributed by atoms with E-state index in [0.29, 0.717) is 5.92 Å². The first-order valence-corrected chi connectivity index (χ1v) is 5.68. The largest absolute Gasteiger partial charge is 0.506 e. The van der Waals surface area contributed by atoms with Gasteiger partial charge in [-0.15, -0.1) is 0 Å². The minimum absolute atomic E-state index is 0.277. The van der Waals surface area contributed by atoms with Gasteiger partial charge >= 0.3 is 0 Å². The summed E-state index contributed by atoms with van der Waals surface area (Å²) >= 11 is 0. The SMILES string of the molecule is Oc1ccc2nc(CC3CCNC3)cn2c1. The van der Waals surface area contributed by atoms with E-state index in [2.05, 4.69) is 10.3 Å². The average molecular weight is 217 g/mol. The van der Waals surface area contributed by atoms with Crippen molar-refractivity contribution in [3.63, 3.8) is 0 Å². The second-order valence-corrected chi connectivity index (χ2v) is 4.45. The van der Waals surface area contributed by atoms with Crippen molar-refractivity contribution in [1.82, 2.24) is 14.7 Å². The van der Waals surface area contributed by atoms with Crippen LogP contribution in [0.3, 0.4) is 0 Å². The molecule has 16 heavy (non-hydrogen) atoms. The van der Waals surface area contributed by atoms with Crippen LogP contribution >= 0.6 is 0 Å². The quantitative estimate of drug-likeness (QED) is 0.794. The molecule has 0 radical (unpaired) electrons. The first-order valence-electron chi connectivity index (χ1n) is 5.68. The van der Waals surface area contributed by atoms with E-state index in [0.717, 1.165) is 30.9 Å². The summed E-state index contributed by atoms with van der Waals surface area (Å²) in [5.41, 5.74) is 2.01. The number of nitrogens with one attached hydrogen (secondary N) is 1. The molecule has 0 saturated carbocycles. The van der Waals surface area contributed by atoms with Crippen LogP contribution < -0.4 is 5.32 Å². The fourth-order valence-corrected chi connectivity index (χ4v) is 2.32. The predicted molar refractivity (Wildman–Crippen MR) is 61.5 cm³/mol. The van der Waals surface area contributed by atoms with Gasteiger partial charge in [0.05, 0.1) is 11.9 Å². The van der Waals surface area contributed by atoms with E-state index in [1.165, 1.54) is 6.42 Å². The number of hydrogen-bond donors (Lipinski definition) is 2. The molecule has 0 aromatic carbocycles. The van der Waals surface area contributed by atoms with E-state index < -0.39 is 0 Å². The molecular formula is C12H15N3O. The van der Waals surface area contributed by atoms with Crippen molar-refractivity contribution in [2.45, 2.75) is 12.8 Å². The summed E-state index contributed by atoms with van der Waals surface area (Å²) in [6, 6.07) is 3.51. The maximum atomic E-state index is 9.37. The molecule has 0 amide bonds. The van der Waals surface area contributed by atoms with Gasteiger partial charge in [-0.25, -0.2) is 4.98 Å². The summed E-state index contributed by atoms with van der Waals surface area (Å²) in [6.07, 6.45) is 5.96. The Labute approximate surface area is 93.9 Å². The summed E-state index contributed by atoms with van der Waals surface area (Å²) in [6.45, 7) is 2.22. The molecule has 0 aliphatic carbocycles. The Kier molecular flexibility index (Phi) is 2.29. The normalized spacial score (nSPS) is 20.6. The lowest BCUT2D eigenvalue weighted by Gasteiger charge is -2.03. The molecule has 1 aliphatic rings. The number of nitrogens with zero attached hydrogens (tertiary/aromatic N) is 2. The molecule has 1 atom stereocenters. The summed E-state index contributed by atoms with van der Waals surface area (Å²) in [7, 11) is 0. The van der Waals surface area contributed by atoms with Crippen LogP contribution in [-0.2, 0) is 6.42 Å². The van der Waals surface area contributed by atoms with E-state index in [1.54, 1.807) is 12.3 Å². The first-order chi connectivity index (χ1) is 7.81. The van der Waals surface area contributed by atoms with Gasteiger partial charge in [0, 0.05) is 6.20 Å². The topological polar surface area (TPSA) is 49.6 Å². The second kappa shape index (κ2) is 3.79. The summed E-state index contributed by atoms with van der Waals surface area (Å²) in [4.78, 5) is 4.54. The number of imidazole rings is 1. The van der Waals surface area contributed by atoms with Gasteiger partial charge in [-0.2, -0.15) is 0 Å². The molecule has 0 spiro atoms. The zero-order valence-electron chi connectivity index (χ0n) is 9.06. The number of aromatic nitrogens is 2. The van der Waals surface area contributed by atoms with Gasteiger partial charge in [-0.3, -0.25) is 0 Å². The van der Waals surface area contributed by atoms with Crippen molar-refractivity contribution >= 4 is 5.65 Å². The third kappa shape index (κ3) is 1.76. The molecule has 0 bridgehead atoms. The third-order valence-corrected chi connectivity index (χ3v) is 3.15. The third-order valence-electron chi connectivity index (χ3n) is 3.15. The van der Waals surface area contributed by atoms with Crippen LogP contribution in [0.1, 0.15) is 12.1 Å². The van der Waals surface area contributed by atoms with Crippen LogP contribution in [0.2, 0.25) is 0 Å². The fraction of sp³-hybridized carbons (Fsp3) is 0.417. The van der Waals surface area contributed by atoms with Crippen molar-refractivity contribution in [2.24, 2.45) is 5.92 Å². The molecule has 84 valence electrons. The van der Waals surface area contributed by atoms with Crippen molar-refractivity contribution < 1.29 is 5.11 Å². The maximum Gasteiger partial charge on any atom is 0.137 e. The van der Waals surface area contributed by atoms with Gasteiger partial charge in [-0.05, 0) is 44.0 Å². The van der Waals surface area contributed by atoms with Crippen LogP contribution in [0, 0.1) is 5.92 Å². The highest BCUT2D eigenvalue weighted by molar-refractivity contribution is 5.42. The summed E-state index contributed by atoms with van der Waals surface area (Å²) in [5.74, 6) is 0.984. The van der Waals surface area contributed by atoms with Gasteiger partial charge in [0.25, 0.3) is 0 Å².